The number of nitrogens with one attached hydrogen (secondary N) is 1. The number of rotatable bonds is 6. The van der Waals surface area contributed by atoms with Crippen LogP contribution in [0.3, 0.4) is 0 Å². The molecule has 0 bridgehead atoms. The summed E-state index contributed by atoms with van der Waals surface area (Å²) >= 11 is 1.89. The smallest absolute Gasteiger partial charge is 0.193 e. The van der Waals surface area contributed by atoms with Gasteiger partial charge in [0.15, 0.2) is 5.79 Å². The largest absolute Gasteiger partial charge is 0.388 e. The van der Waals surface area contributed by atoms with Crippen molar-refractivity contribution in [2.75, 3.05) is 12.4 Å². The molecule has 1 saturated heterocycles. The zero-order valence-corrected chi connectivity index (χ0v) is 25.6. The summed E-state index contributed by atoms with van der Waals surface area (Å²) in [5, 5.41) is 6.35. The standard InChI is InChI=1S/C35H43NO2S/c1-20(2)18-35(28-16-26-25-11-9-10-12-31(25)39-32(26)17-30(28)36-8)19-29(35)27-14-21(3)13-22(4)33(27)34(7)37-23(5)15-24(6)38-34/h9-14,16-17,20,23-24,29,36H,15,18-19H2,1-8H3/t23?,24?,29-,34?,35?/m0/s1. The minimum atomic E-state index is -0.740. The molecular formula is C35H43NO2S. The van der Waals surface area contributed by atoms with Crippen LogP contribution in [-0.4, -0.2) is 19.3 Å². The Hall–Kier alpha value is -2.40. The van der Waals surface area contributed by atoms with Crippen LogP contribution in [0.4, 0.5) is 5.69 Å². The molecule has 3 nitrogen and oxygen atoms in total. The van der Waals surface area contributed by atoms with Gasteiger partial charge in [-0.25, -0.2) is 0 Å². The number of ether oxygens (including phenoxy) is 2. The van der Waals surface area contributed by atoms with Gasteiger partial charge in [0.05, 0.1) is 12.2 Å². The van der Waals surface area contributed by atoms with Crippen molar-refractivity contribution in [2.45, 2.75) is 97.1 Å². The summed E-state index contributed by atoms with van der Waals surface area (Å²) in [7, 11) is 2.08. The van der Waals surface area contributed by atoms with Gasteiger partial charge in [0.1, 0.15) is 0 Å². The third-order valence-electron chi connectivity index (χ3n) is 9.03. The minimum absolute atomic E-state index is 0.0704. The van der Waals surface area contributed by atoms with Crippen molar-refractivity contribution >= 4 is 37.2 Å². The topological polar surface area (TPSA) is 30.5 Å². The van der Waals surface area contributed by atoms with Crippen LogP contribution in [0, 0.1) is 19.8 Å². The van der Waals surface area contributed by atoms with Crippen molar-refractivity contribution in [2.24, 2.45) is 5.92 Å². The van der Waals surface area contributed by atoms with E-state index in [2.05, 4.69) is 109 Å². The molecule has 206 valence electrons. The van der Waals surface area contributed by atoms with Crippen LogP contribution in [-0.2, 0) is 20.7 Å². The Morgan fingerprint density at radius 2 is 1.69 bits per heavy atom. The van der Waals surface area contributed by atoms with Crippen LogP contribution in [0.15, 0.2) is 48.5 Å². The lowest BCUT2D eigenvalue weighted by molar-refractivity contribution is -0.311. The van der Waals surface area contributed by atoms with Crippen LogP contribution in [0.25, 0.3) is 20.2 Å². The quantitative estimate of drug-likeness (QED) is 0.264. The van der Waals surface area contributed by atoms with Gasteiger partial charge >= 0.3 is 0 Å². The molecule has 0 radical (unpaired) electrons. The van der Waals surface area contributed by atoms with Gasteiger partial charge in [-0.05, 0) is 101 Å². The van der Waals surface area contributed by atoms with Gasteiger partial charge in [-0.1, -0.05) is 49.7 Å². The van der Waals surface area contributed by atoms with Crippen molar-refractivity contribution in [1.82, 2.24) is 0 Å². The summed E-state index contributed by atoms with van der Waals surface area (Å²) < 4.78 is 16.0. The Labute approximate surface area is 237 Å². The number of thiophene rings is 1. The summed E-state index contributed by atoms with van der Waals surface area (Å²) in [4.78, 5) is 0. The molecule has 2 heterocycles. The van der Waals surface area contributed by atoms with Crippen LogP contribution in [0.5, 0.6) is 0 Å². The number of fused-ring (bicyclic) bond motifs is 3. The number of benzene rings is 3. The van der Waals surface area contributed by atoms with Crippen LogP contribution in [0.1, 0.15) is 87.6 Å². The summed E-state index contributed by atoms with van der Waals surface area (Å²) in [5.41, 5.74) is 8.03. The fourth-order valence-corrected chi connectivity index (χ4v) is 8.96. The fourth-order valence-electron chi connectivity index (χ4n) is 7.84. The first-order valence-electron chi connectivity index (χ1n) is 14.7. The zero-order valence-electron chi connectivity index (χ0n) is 24.8. The van der Waals surface area contributed by atoms with Gasteiger partial charge in [-0.2, -0.15) is 0 Å². The molecule has 1 saturated carbocycles. The highest BCUT2D eigenvalue weighted by Gasteiger charge is 2.58. The van der Waals surface area contributed by atoms with Crippen molar-refractivity contribution in [3.05, 3.63) is 76.3 Å². The molecule has 0 amide bonds. The zero-order chi connectivity index (χ0) is 27.7. The summed E-state index contributed by atoms with van der Waals surface area (Å²) in [5.74, 6) is 0.261. The second kappa shape index (κ2) is 9.61. The lowest BCUT2D eigenvalue weighted by atomic mass is 9.80. The number of anilines is 1. The molecule has 39 heavy (non-hydrogen) atoms. The van der Waals surface area contributed by atoms with E-state index in [-0.39, 0.29) is 17.6 Å². The number of aryl methyl sites for hydroxylation is 2. The highest BCUT2D eigenvalue weighted by Crippen LogP contribution is 2.67. The molecule has 1 N–H and O–H groups in total. The van der Waals surface area contributed by atoms with Gasteiger partial charge in [-0.15, -0.1) is 11.3 Å². The molecule has 2 aliphatic rings. The molecular weight excluding hydrogens is 498 g/mol. The maximum Gasteiger partial charge on any atom is 0.193 e. The van der Waals surface area contributed by atoms with Gasteiger partial charge < -0.3 is 14.8 Å². The monoisotopic (exact) mass is 541 g/mol. The highest BCUT2D eigenvalue weighted by molar-refractivity contribution is 7.25. The Morgan fingerprint density at radius 1 is 0.974 bits per heavy atom. The van der Waals surface area contributed by atoms with E-state index in [1.165, 1.54) is 53.7 Å². The molecule has 6 rings (SSSR count). The second-order valence-corrected chi connectivity index (χ2v) is 13.9. The van der Waals surface area contributed by atoms with Gasteiger partial charge in [0, 0.05) is 43.9 Å². The molecule has 2 fully saturated rings. The Balaban J connectivity index is 1.54. The number of hydrogen-bond donors (Lipinski definition) is 1. The first-order valence-corrected chi connectivity index (χ1v) is 15.5. The van der Waals surface area contributed by atoms with E-state index in [0.717, 1.165) is 19.3 Å². The van der Waals surface area contributed by atoms with E-state index in [0.29, 0.717) is 11.8 Å². The normalized spacial score (nSPS) is 28.9. The summed E-state index contributed by atoms with van der Waals surface area (Å²) in [6, 6.07) is 18.5. The molecule has 1 aliphatic carbocycles. The lowest BCUT2D eigenvalue weighted by Gasteiger charge is -2.43. The summed E-state index contributed by atoms with van der Waals surface area (Å²) in [6.45, 7) is 15.7. The fraction of sp³-hybridized carbons (Fsp3) is 0.486. The van der Waals surface area contributed by atoms with Crippen molar-refractivity contribution < 1.29 is 9.47 Å². The minimum Gasteiger partial charge on any atom is -0.388 e. The van der Waals surface area contributed by atoms with Crippen molar-refractivity contribution in [1.29, 1.82) is 0 Å². The molecule has 4 aromatic rings. The predicted molar refractivity (Wildman–Crippen MR) is 166 cm³/mol. The van der Waals surface area contributed by atoms with E-state index < -0.39 is 5.79 Å². The Kier molecular flexibility index (Phi) is 6.60. The van der Waals surface area contributed by atoms with Crippen LogP contribution >= 0.6 is 11.3 Å². The Bertz CT molecular complexity index is 1540. The molecule has 0 spiro atoms. The molecule has 4 heteroatoms. The number of hydrogen-bond acceptors (Lipinski definition) is 4. The van der Waals surface area contributed by atoms with E-state index in [1.54, 1.807) is 0 Å². The predicted octanol–water partition coefficient (Wildman–Crippen LogP) is 9.57. The van der Waals surface area contributed by atoms with Crippen LogP contribution < -0.4 is 5.32 Å². The molecule has 1 aromatic heterocycles. The van der Waals surface area contributed by atoms with Gasteiger partial charge in [-0.3, -0.25) is 0 Å². The Morgan fingerprint density at radius 3 is 2.38 bits per heavy atom. The molecule has 3 aromatic carbocycles. The van der Waals surface area contributed by atoms with E-state index in [9.17, 15) is 0 Å². The van der Waals surface area contributed by atoms with E-state index >= 15 is 0 Å². The lowest BCUT2D eigenvalue weighted by Crippen LogP contribution is -2.43. The van der Waals surface area contributed by atoms with E-state index in [4.69, 9.17) is 9.47 Å². The van der Waals surface area contributed by atoms with E-state index in [1.807, 2.05) is 11.3 Å². The first kappa shape index (κ1) is 26.8. The molecule has 1 aliphatic heterocycles. The molecule has 4 atom stereocenters. The molecule has 3 unspecified atom stereocenters. The average molecular weight is 542 g/mol. The highest BCUT2D eigenvalue weighted by atomic mass is 32.1. The van der Waals surface area contributed by atoms with Gasteiger partial charge in [0.2, 0.25) is 0 Å². The van der Waals surface area contributed by atoms with Crippen molar-refractivity contribution in [3.63, 3.8) is 0 Å². The average Bonchev–Trinajstić information content (AvgIpc) is 3.44. The van der Waals surface area contributed by atoms with Crippen molar-refractivity contribution in [3.8, 4) is 0 Å². The maximum atomic E-state index is 6.63. The summed E-state index contributed by atoms with van der Waals surface area (Å²) in [6.07, 6.45) is 3.55. The first-order chi connectivity index (χ1) is 18.5. The second-order valence-electron chi connectivity index (χ2n) is 12.8. The maximum absolute atomic E-state index is 6.63. The third-order valence-corrected chi connectivity index (χ3v) is 10.2. The van der Waals surface area contributed by atoms with Crippen LogP contribution in [0.2, 0.25) is 0 Å². The SMILES string of the molecule is CNc1cc2sc3ccccc3c2cc1C1(CC(C)C)C[C@H]1c1cc(C)cc(C)c1C1(C)OC(C)CC(C)O1. The van der Waals surface area contributed by atoms with Gasteiger partial charge in [0.25, 0.3) is 0 Å². The third kappa shape index (κ3) is 4.49.